The van der Waals surface area contributed by atoms with Gasteiger partial charge in [-0.05, 0) is 12.8 Å². The molecule has 1 unspecified atom stereocenters. The lowest BCUT2D eigenvalue weighted by Crippen LogP contribution is -2.23. The quantitative estimate of drug-likeness (QED) is 0.565. The molecule has 0 bridgehead atoms. The van der Waals surface area contributed by atoms with Crippen molar-refractivity contribution in [3.63, 3.8) is 0 Å². The number of Topliss-reactive ketones (excluding diaryl/α,β-unsaturated/α-hetero) is 1. The minimum atomic E-state index is 0.0955. The number of ketones is 1. The molecule has 90 valence electrons. The fraction of sp³-hybridized carbons (Fsp3) is 0.923. The molecule has 2 heteroatoms. The average molecular weight is 213 g/mol. The summed E-state index contributed by atoms with van der Waals surface area (Å²) >= 11 is 0. The van der Waals surface area contributed by atoms with Gasteiger partial charge in [-0.15, -0.1) is 0 Å². The van der Waals surface area contributed by atoms with E-state index in [1.165, 1.54) is 25.7 Å². The molecule has 0 saturated carbocycles. The molecule has 0 spiro atoms. The lowest BCUT2D eigenvalue weighted by Gasteiger charge is -2.08. The summed E-state index contributed by atoms with van der Waals surface area (Å²) in [5, 5.41) is 0. The second kappa shape index (κ2) is 10.2. The molecular formula is C13H27NO. The van der Waals surface area contributed by atoms with Crippen LogP contribution < -0.4 is 5.73 Å². The molecule has 0 fully saturated rings. The van der Waals surface area contributed by atoms with Gasteiger partial charge in [-0.2, -0.15) is 0 Å². The molecule has 0 aliphatic heterocycles. The summed E-state index contributed by atoms with van der Waals surface area (Å²) in [5.41, 5.74) is 5.82. The van der Waals surface area contributed by atoms with Gasteiger partial charge in [0.1, 0.15) is 5.78 Å². The summed E-state index contributed by atoms with van der Waals surface area (Å²) < 4.78 is 0. The van der Waals surface area contributed by atoms with Crippen molar-refractivity contribution in [1.82, 2.24) is 0 Å². The highest BCUT2D eigenvalue weighted by Gasteiger charge is 2.07. The minimum Gasteiger partial charge on any atom is -0.327 e. The van der Waals surface area contributed by atoms with Crippen LogP contribution in [-0.4, -0.2) is 11.8 Å². The van der Waals surface area contributed by atoms with E-state index in [0.29, 0.717) is 12.2 Å². The lowest BCUT2D eigenvalue weighted by molar-refractivity contribution is -0.119. The smallest absolute Gasteiger partial charge is 0.134 e. The van der Waals surface area contributed by atoms with Gasteiger partial charge in [0, 0.05) is 18.9 Å². The maximum Gasteiger partial charge on any atom is 0.134 e. The number of rotatable bonds is 10. The van der Waals surface area contributed by atoms with Gasteiger partial charge in [-0.25, -0.2) is 0 Å². The van der Waals surface area contributed by atoms with Gasteiger partial charge in [-0.3, -0.25) is 4.79 Å². The highest BCUT2D eigenvalue weighted by atomic mass is 16.1. The van der Waals surface area contributed by atoms with Crippen LogP contribution in [0.25, 0.3) is 0 Å². The number of carbonyl (C=O) groups is 1. The van der Waals surface area contributed by atoms with Gasteiger partial charge in [0.2, 0.25) is 0 Å². The Morgan fingerprint density at radius 1 is 1.07 bits per heavy atom. The van der Waals surface area contributed by atoms with Gasteiger partial charge in [0.05, 0.1) is 0 Å². The predicted molar refractivity (Wildman–Crippen MR) is 65.9 cm³/mol. The van der Waals surface area contributed by atoms with Crippen molar-refractivity contribution in [3.8, 4) is 0 Å². The van der Waals surface area contributed by atoms with Crippen molar-refractivity contribution >= 4 is 5.78 Å². The van der Waals surface area contributed by atoms with Crippen LogP contribution in [0.1, 0.15) is 71.6 Å². The highest BCUT2D eigenvalue weighted by molar-refractivity contribution is 5.78. The molecule has 2 nitrogen and oxygen atoms in total. The summed E-state index contributed by atoms with van der Waals surface area (Å²) in [7, 11) is 0. The number of carbonyl (C=O) groups excluding carboxylic acids is 1. The Kier molecular flexibility index (Phi) is 9.91. The Morgan fingerprint density at radius 3 is 2.33 bits per heavy atom. The van der Waals surface area contributed by atoms with Crippen LogP contribution >= 0.6 is 0 Å². The fourth-order valence-electron chi connectivity index (χ4n) is 1.79. The van der Waals surface area contributed by atoms with Crippen LogP contribution in [0.15, 0.2) is 0 Å². The van der Waals surface area contributed by atoms with Crippen LogP contribution in [0, 0.1) is 0 Å². The molecule has 15 heavy (non-hydrogen) atoms. The Morgan fingerprint density at radius 2 is 1.73 bits per heavy atom. The summed E-state index contributed by atoms with van der Waals surface area (Å²) in [4.78, 5) is 11.5. The van der Waals surface area contributed by atoms with Gasteiger partial charge in [0.15, 0.2) is 0 Å². The summed E-state index contributed by atoms with van der Waals surface area (Å²) in [6.45, 7) is 4.31. The molecule has 0 aromatic heterocycles. The van der Waals surface area contributed by atoms with Gasteiger partial charge in [-0.1, -0.05) is 46.0 Å². The van der Waals surface area contributed by atoms with Crippen LogP contribution in [0.3, 0.4) is 0 Å². The van der Waals surface area contributed by atoms with Crippen LogP contribution in [0.2, 0.25) is 0 Å². The van der Waals surface area contributed by atoms with E-state index >= 15 is 0 Å². The van der Waals surface area contributed by atoms with E-state index < -0.39 is 0 Å². The van der Waals surface area contributed by atoms with E-state index in [4.69, 9.17) is 5.73 Å². The van der Waals surface area contributed by atoms with Crippen molar-refractivity contribution in [1.29, 1.82) is 0 Å². The van der Waals surface area contributed by atoms with Crippen molar-refractivity contribution in [2.75, 3.05) is 0 Å². The Hall–Kier alpha value is -0.370. The molecule has 0 aromatic rings. The zero-order valence-corrected chi connectivity index (χ0v) is 10.4. The number of unbranched alkanes of at least 4 members (excludes halogenated alkanes) is 4. The summed E-state index contributed by atoms with van der Waals surface area (Å²) in [6.07, 6.45) is 9.44. The molecule has 2 N–H and O–H groups in total. The maximum atomic E-state index is 11.5. The zero-order chi connectivity index (χ0) is 11.5. The molecule has 0 amide bonds. The Labute approximate surface area is 94.6 Å². The minimum absolute atomic E-state index is 0.0955. The third-order valence-electron chi connectivity index (χ3n) is 2.71. The third-order valence-corrected chi connectivity index (χ3v) is 2.71. The molecule has 0 heterocycles. The van der Waals surface area contributed by atoms with E-state index in [2.05, 4.69) is 13.8 Å². The first-order chi connectivity index (χ1) is 7.20. The van der Waals surface area contributed by atoms with Crippen LogP contribution in [0.5, 0.6) is 0 Å². The first kappa shape index (κ1) is 14.6. The van der Waals surface area contributed by atoms with Gasteiger partial charge < -0.3 is 5.73 Å². The van der Waals surface area contributed by atoms with Crippen molar-refractivity contribution in [2.24, 2.45) is 5.73 Å². The zero-order valence-electron chi connectivity index (χ0n) is 10.4. The van der Waals surface area contributed by atoms with Crippen molar-refractivity contribution in [3.05, 3.63) is 0 Å². The molecule has 0 aliphatic carbocycles. The lowest BCUT2D eigenvalue weighted by atomic mass is 10.0. The fourth-order valence-corrected chi connectivity index (χ4v) is 1.79. The largest absolute Gasteiger partial charge is 0.327 e. The Balaban J connectivity index is 3.32. The van der Waals surface area contributed by atoms with Crippen LogP contribution in [0.4, 0.5) is 0 Å². The summed E-state index contributed by atoms with van der Waals surface area (Å²) in [6, 6.07) is 0.0955. The topological polar surface area (TPSA) is 43.1 Å². The normalized spacial score (nSPS) is 12.7. The summed E-state index contributed by atoms with van der Waals surface area (Å²) in [5.74, 6) is 0.354. The number of nitrogens with two attached hydrogens (primary N) is 1. The van der Waals surface area contributed by atoms with Crippen LogP contribution in [-0.2, 0) is 4.79 Å². The van der Waals surface area contributed by atoms with E-state index in [1.54, 1.807) is 0 Å². The number of hydrogen-bond donors (Lipinski definition) is 1. The Bertz CT molecular complexity index is 157. The average Bonchev–Trinajstić information content (AvgIpc) is 2.17. The van der Waals surface area contributed by atoms with Crippen molar-refractivity contribution in [2.45, 2.75) is 77.7 Å². The molecule has 0 aliphatic rings. The number of hydrogen-bond acceptors (Lipinski definition) is 2. The molecule has 0 rings (SSSR count). The van der Waals surface area contributed by atoms with E-state index in [0.717, 1.165) is 25.7 Å². The molecular weight excluding hydrogens is 186 g/mol. The molecule has 0 saturated heterocycles. The maximum absolute atomic E-state index is 11.5. The second-order valence-electron chi connectivity index (χ2n) is 4.46. The standard InChI is InChI=1S/C13H27NO/c1-3-5-6-7-8-10-13(15)11-12(14)9-4-2/h12H,3-11,14H2,1-2H3. The van der Waals surface area contributed by atoms with E-state index in [-0.39, 0.29) is 6.04 Å². The SMILES string of the molecule is CCCCCCCC(=O)CC(N)CCC. The monoisotopic (exact) mass is 213 g/mol. The van der Waals surface area contributed by atoms with E-state index in [1.807, 2.05) is 0 Å². The second-order valence-corrected chi connectivity index (χ2v) is 4.46. The first-order valence-electron chi connectivity index (χ1n) is 6.48. The van der Waals surface area contributed by atoms with Gasteiger partial charge in [0.25, 0.3) is 0 Å². The molecule has 0 radical (unpaired) electrons. The predicted octanol–water partition coefficient (Wildman–Crippen LogP) is 3.43. The van der Waals surface area contributed by atoms with Gasteiger partial charge >= 0.3 is 0 Å². The molecule has 1 atom stereocenters. The first-order valence-corrected chi connectivity index (χ1v) is 6.48. The van der Waals surface area contributed by atoms with Crippen molar-refractivity contribution < 1.29 is 4.79 Å². The molecule has 0 aromatic carbocycles. The van der Waals surface area contributed by atoms with E-state index in [9.17, 15) is 4.79 Å². The third kappa shape index (κ3) is 9.92. The highest BCUT2D eigenvalue weighted by Crippen LogP contribution is 2.08.